The third kappa shape index (κ3) is 6.51. The lowest BCUT2D eigenvalue weighted by molar-refractivity contribution is -0.119. The molecule has 8 heteroatoms. The average Bonchev–Trinajstić information content (AvgIpc) is 2.88. The predicted octanol–water partition coefficient (Wildman–Crippen LogP) is 3.65. The quantitative estimate of drug-likeness (QED) is 0.478. The summed E-state index contributed by atoms with van der Waals surface area (Å²) < 4.78 is 33.7. The highest BCUT2D eigenvalue weighted by atomic mass is 32.2. The van der Waals surface area contributed by atoms with E-state index in [1.807, 2.05) is 38.1 Å². The Kier molecular flexibility index (Phi) is 8.40. The van der Waals surface area contributed by atoms with Gasteiger partial charge in [0.1, 0.15) is 6.54 Å². The van der Waals surface area contributed by atoms with E-state index in [-0.39, 0.29) is 17.3 Å². The summed E-state index contributed by atoms with van der Waals surface area (Å²) in [7, 11) is -3.93. The predicted molar refractivity (Wildman–Crippen MR) is 141 cm³/mol. The number of morpholine rings is 1. The molecule has 0 bridgehead atoms. The molecule has 1 saturated heterocycles. The smallest absolute Gasteiger partial charge is 0.264 e. The number of amides is 1. The Bertz CT molecular complexity index is 1270. The number of anilines is 1. The average molecular weight is 508 g/mol. The van der Waals surface area contributed by atoms with Crippen molar-refractivity contribution < 1.29 is 17.9 Å². The first-order valence-corrected chi connectivity index (χ1v) is 13.6. The van der Waals surface area contributed by atoms with Gasteiger partial charge in [-0.25, -0.2) is 8.42 Å². The summed E-state index contributed by atoms with van der Waals surface area (Å²) in [6.07, 6.45) is 0. The summed E-state index contributed by atoms with van der Waals surface area (Å²) in [5, 5.41) is 2.88. The topological polar surface area (TPSA) is 79.0 Å². The Balaban J connectivity index is 1.44. The van der Waals surface area contributed by atoms with Gasteiger partial charge < -0.3 is 10.1 Å². The molecule has 1 N–H and O–H groups in total. The van der Waals surface area contributed by atoms with Crippen molar-refractivity contribution in [1.29, 1.82) is 0 Å². The van der Waals surface area contributed by atoms with Crippen molar-refractivity contribution in [2.75, 3.05) is 37.2 Å². The van der Waals surface area contributed by atoms with Gasteiger partial charge in [0.05, 0.1) is 23.8 Å². The summed E-state index contributed by atoms with van der Waals surface area (Å²) in [6.45, 7) is 8.02. The molecule has 0 aliphatic carbocycles. The minimum atomic E-state index is -3.93. The second kappa shape index (κ2) is 11.7. The Morgan fingerprint density at radius 2 is 1.56 bits per heavy atom. The Labute approximate surface area is 213 Å². The van der Waals surface area contributed by atoms with Crippen molar-refractivity contribution in [2.24, 2.45) is 0 Å². The number of rotatable bonds is 9. The van der Waals surface area contributed by atoms with Crippen LogP contribution in [-0.4, -0.2) is 52.1 Å². The van der Waals surface area contributed by atoms with Crippen molar-refractivity contribution in [3.8, 4) is 0 Å². The third-order valence-electron chi connectivity index (χ3n) is 6.30. The molecule has 3 aromatic carbocycles. The molecule has 1 aliphatic heterocycles. The van der Waals surface area contributed by atoms with Crippen molar-refractivity contribution in [3.63, 3.8) is 0 Å². The van der Waals surface area contributed by atoms with Gasteiger partial charge in [-0.1, -0.05) is 60.2 Å². The van der Waals surface area contributed by atoms with Crippen LogP contribution in [0.5, 0.6) is 0 Å². The van der Waals surface area contributed by atoms with Gasteiger partial charge in [0.2, 0.25) is 5.91 Å². The number of sulfonamides is 1. The standard InChI is InChI=1S/C28H33N3O4S/c1-22-7-13-26(14-8-22)36(33,34)31(27-6-4-3-5-23(27)2)21-28(32)29-19-24-9-11-25(12-10-24)20-30-15-17-35-18-16-30/h3-14H,15-21H2,1-2H3,(H,29,32). The van der Waals surface area contributed by atoms with Crippen LogP contribution in [0, 0.1) is 13.8 Å². The van der Waals surface area contributed by atoms with Crippen LogP contribution in [0.1, 0.15) is 22.3 Å². The molecule has 1 aliphatic rings. The molecular formula is C28H33N3O4S. The highest BCUT2D eigenvalue weighted by Crippen LogP contribution is 2.26. The van der Waals surface area contributed by atoms with Crippen molar-refractivity contribution >= 4 is 21.6 Å². The van der Waals surface area contributed by atoms with E-state index in [4.69, 9.17) is 4.74 Å². The molecule has 36 heavy (non-hydrogen) atoms. The van der Waals surface area contributed by atoms with Gasteiger partial charge in [-0.15, -0.1) is 0 Å². The molecule has 190 valence electrons. The maximum Gasteiger partial charge on any atom is 0.264 e. The first kappa shape index (κ1) is 25.9. The lowest BCUT2D eigenvalue weighted by Crippen LogP contribution is -2.41. The van der Waals surface area contributed by atoms with E-state index in [9.17, 15) is 13.2 Å². The van der Waals surface area contributed by atoms with Gasteiger partial charge >= 0.3 is 0 Å². The molecule has 1 fully saturated rings. The molecule has 1 amide bonds. The number of aryl methyl sites for hydroxylation is 2. The van der Waals surface area contributed by atoms with Crippen molar-refractivity contribution in [1.82, 2.24) is 10.2 Å². The number of hydrogen-bond donors (Lipinski definition) is 1. The lowest BCUT2D eigenvalue weighted by Gasteiger charge is -2.26. The zero-order valence-electron chi connectivity index (χ0n) is 20.8. The highest BCUT2D eigenvalue weighted by Gasteiger charge is 2.28. The molecule has 0 saturated carbocycles. The van der Waals surface area contributed by atoms with E-state index in [0.717, 1.165) is 49.5 Å². The van der Waals surface area contributed by atoms with Crippen LogP contribution in [0.3, 0.4) is 0 Å². The maximum absolute atomic E-state index is 13.5. The van der Waals surface area contributed by atoms with E-state index in [1.165, 1.54) is 9.87 Å². The zero-order valence-corrected chi connectivity index (χ0v) is 21.6. The van der Waals surface area contributed by atoms with Crippen molar-refractivity contribution in [3.05, 3.63) is 95.1 Å². The fourth-order valence-corrected chi connectivity index (χ4v) is 5.63. The Hall–Kier alpha value is -3.20. The minimum Gasteiger partial charge on any atom is -0.379 e. The summed E-state index contributed by atoms with van der Waals surface area (Å²) in [5.74, 6) is -0.369. The fraction of sp³-hybridized carbons (Fsp3) is 0.321. The number of nitrogens with zero attached hydrogens (tertiary/aromatic N) is 2. The molecule has 7 nitrogen and oxygen atoms in total. The minimum absolute atomic E-state index is 0.153. The summed E-state index contributed by atoms with van der Waals surface area (Å²) in [6, 6.07) is 22.0. The lowest BCUT2D eigenvalue weighted by atomic mass is 10.1. The number of ether oxygens (including phenoxy) is 1. The van der Waals surface area contributed by atoms with E-state index >= 15 is 0 Å². The van der Waals surface area contributed by atoms with E-state index in [2.05, 4.69) is 22.3 Å². The molecule has 3 aromatic rings. The summed E-state index contributed by atoms with van der Waals surface area (Å²) in [5.41, 5.74) is 4.39. The summed E-state index contributed by atoms with van der Waals surface area (Å²) >= 11 is 0. The van der Waals surface area contributed by atoms with Gasteiger partial charge in [-0.2, -0.15) is 0 Å². The molecule has 1 heterocycles. The van der Waals surface area contributed by atoms with Gasteiger partial charge in [0, 0.05) is 26.2 Å². The fourth-order valence-electron chi connectivity index (χ4n) is 4.15. The molecule has 0 radical (unpaired) electrons. The number of benzene rings is 3. The number of nitrogens with one attached hydrogen (secondary N) is 1. The summed E-state index contributed by atoms with van der Waals surface area (Å²) in [4.78, 5) is 15.4. The van der Waals surface area contributed by atoms with Gasteiger partial charge in [-0.3, -0.25) is 14.0 Å². The van der Waals surface area contributed by atoms with Crippen LogP contribution in [0.4, 0.5) is 5.69 Å². The number of carbonyl (C=O) groups excluding carboxylic acids is 1. The van der Waals surface area contributed by atoms with Gasteiger partial charge in [0.25, 0.3) is 10.0 Å². The number of para-hydroxylation sites is 1. The van der Waals surface area contributed by atoms with Gasteiger partial charge in [0.15, 0.2) is 0 Å². The first-order chi connectivity index (χ1) is 17.3. The Morgan fingerprint density at radius 1 is 0.917 bits per heavy atom. The van der Waals surface area contributed by atoms with Crippen LogP contribution >= 0.6 is 0 Å². The Morgan fingerprint density at radius 3 is 2.22 bits per heavy atom. The largest absolute Gasteiger partial charge is 0.379 e. The first-order valence-electron chi connectivity index (χ1n) is 12.1. The molecule has 0 atom stereocenters. The maximum atomic E-state index is 13.5. The van der Waals surface area contributed by atoms with Crippen LogP contribution in [0.15, 0.2) is 77.7 Å². The van der Waals surface area contributed by atoms with Crippen LogP contribution < -0.4 is 9.62 Å². The van der Waals surface area contributed by atoms with Gasteiger partial charge in [-0.05, 0) is 48.7 Å². The van der Waals surface area contributed by atoms with Crippen LogP contribution in [0.25, 0.3) is 0 Å². The second-order valence-electron chi connectivity index (χ2n) is 9.09. The van der Waals surface area contributed by atoms with E-state index < -0.39 is 10.0 Å². The van der Waals surface area contributed by atoms with Crippen LogP contribution in [0.2, 0.25) is 0 Å². The normalized spacial score (nSPS) is 14.4. The van der Waals surface area contributed by atoms with Crippen molar-refractivity contribution in [2.45, 2.75) is 31.8 Å². The van der Waals surface area contributed by atoms with E-state index in [0.29, 0.717) is 12.2 Å². The molecule has 4 rings (SSSR count). The second-order valence-corrected chi connectivity index (χ2v) is 11.0. The monoisotopic (exact) mass is 507 g/mol. The number of hydrogen-bond acceptors (Lipinski definition) is 5. The molecule has 0 aromatic heterocycles. The SMILES string of the molecule is Cc1ccc(S(=O)(=O)N(CC(=O)NCc2ccc(CN3CCOCC3)cc2)c2ccccc2C)cc1. The van der Waals surface area contributed by atoms with Crippen LogP contribution in [-0.2, 0) is 32.6 Å². The molecule has 0 unspecified atom stereocenters. The third-order valence-corrected chi connectivity index (χ3v) is 8.08. The highest BCUT2D eigenvalue weighted by molar-refractivity contribution is 7.92. The zero-order chi connectivity index (χ0) is 25.5. The van der Waals surface area contributed by atoms with E-state index in [1.54, 1.807) is 36.4 Å². The number of carbonyl (C=O) groups is 1. The molecular weight excluding hydrogens is 474 g/mol. The molecule has 0 spiro atoms.